The Morgan fingerprint density at radius 2 is 1.35 bits per heavy atom. The van der Waals surface area contributed by atoms with Gasteiger partial charge in [0.2, 0.25) is 0 Å². The van der Waals surface area contributed by atoms with E-state index in [0.29, 0.717) is 23.0 Å². The highest BCUT2D eigenvalue weighted by Gasteiger charge is 2.06. The van der Waals surface area contributed by atoms with Gasteiger partial charge in [-0.1, -0.05) is 0 Å². The third-order valence-corrected chi connectivity index (χ3v) is 2.69. The molecule has 8 nitrogen and oxygen atoms in total. The molecule has 0 saturated carbocycles. The number of rotatable bonds is 4. The van der Waals surface area contributed by atoms with E-state index >= 15 is 0 Å². The Morgan fingerprint density at radius 1 is 0.850 bits per heavy atom. The lowest BCUT2D eigenvalue weighted by molar-refractivity contribution is 0.276. The Bertz CT molecular complexity index is 663. The normalized spacial score (nSPS) is 10.9. The molecule has 0 spiro atoms. The maximum Gasteiger partial charge on any atom is 0.174 e. The third-order valence-electron chi connectivity index (χ3n) is 2.69. The van der Waals surface area contributed by atoms with Gasteiger partial charge in [-0.3, -0.25) is 4.98 Å². The zero-order valence-electron chi connectivity index (χ0n) is 10.5. The molecule has 0 atom stereocenters. The molecule has 0 saturated heterocycles. The van der Waals surface area contributed by atoms with Gasteiger partial charge in [-0.2, -0.15) is 10.2 Å². The van der Waals surface area contributed by atoms with E-state index in [2.05, 4.69) is 20.2 Å². The summed E-state index contributed by atoms with van der Waals surface area (Å²) in [5.41, 5.74) is 1.11. The van der Waals surface area contributed by atoms with E-state index in [9.17, 15) is 0 Å². The number of aromatic nitrogens is 6. The second-order valence-electron chi connectivity index (χ2n) is 4.05. The summed E-state index contributed by atoms with van der Waals surface area (Å²) < 4.78 is 3.05. The van der Waals surface area contributed by atoms with Crippen molar-refractivity contribution in [3.63, 3.8) is 0 Å². The van der Waals surface area contributed by atoms with Gasteiger partial charge in [0.25, 0.3) is 0 Å². The lowest BCUT2D eigenvalue weighted by Crippen LogP contribution is -2.05. The van der Waals surface area contributed by atoms with Crippen LogP contribution < -0.4 is 0 Å². The van der Waals surface area contributed by atoms with Gasteiger partial charge in [0, 0.05) is 12.4 Å². The molecular formula is C12H12N6O2. The van der Waals surface area contributed by atoms with Crippen LogP contribution in [0.25, 0.3) is 11.6 Å². The first kappa shape index (κ1) is 12.5. The largest absolute Gasteiger partial charge is 0.390 e. The van der Waals surface area contributed by atoms with Crippen LogP contribution in [-0.4, -0.2) is 39.7 Å². The predicted molar refractivity (Wildman–Crippen MR) is 68.1 cm³/mol. The molecule has 0 fully saturated rings. The zero-order chi connectivity index (χ0) is 13.9. The molecule has 2 N–H and O–H groups in total. The number of aliphatic hydroxyl groups is 2. The topological polar surface area (TPSA) is 102 Å². The maximum atomic E-state index is 9.01. The molecule has 0 aliphatic rings. The monoisotopic (exact) mass is 272 g/mol. The quantitative estimate of drug-likeness (QED) is 0.684. The van der Waals surface area contributed by atoms with Gasteiger partial charge in [-0.05, 0) is 12.1 Å². The molecule has 0 aromatic carbocycles. The van der Waals surface area contributed by atoms with E-state index in [4.69, 9.17) is 10.2 Å². The molecule has 0 amide bonds. The third kappa shape index (κ3) is 2.29. The minimum atomic E-state index is -0.126. The fourth-order valence-corrected chi connectivity index (χ4v) is 1.71. The average molecular weight is 272 g/mol. The SMILES string of the molecule is OCc1ccn(-c2cncc(-n3ccc(CO)n3)n2)n1. The first-order chi connectivity index (χ1) is 9.80. The van der Waals surface area contributed by atoms with Gasteiger partial charge in [0.05, 0.1) is 37.0 Å². The molecule has 0 radical (unpaired) electrons. The summed E-state index contributed by atoms with van der Waals surface area (Å²) in [6.45, 7) is -0.252. The van der Waals surface area contributed by atoms with Crippen molar-refractivity contribution in [3.8, 4) is 11.6 Å². The number of hydrogen-bond donors (Lipinski definition) is 2. The molecular weight excluding hydrogens is 260 g/mol. The van der Waals surface area contributed by atoms with Crippen LogP contribution in [0.2, 0.25) is 0 Å². The minimum Gasteiger partial charge on any atom is -0.390 e. The highest BCUT2D eigenvalue weighted by molar-refractivity contribution is 5.26. The molecule has 3 heterocycles. The van der Waals surface area contributed by atoms with Crippen LogP contribution in [-0.2, 0) is 13.2 Å². The molecule has 102 valence electrons. The molecule has 0 bridgehead atoms. The Hall–Kier alpha value is -2.58. The maximum absolute atomic E-state index is 9.01. The van der Waals surface area contributed by atoms with Crippen molar-refractivity contribution in [2.75, 3.05) is 0 Å². The van der Waals surface area contributed by atoms with E-state index in [0.717, 1.165) is 0 Å². The smallest absolute Gasteiger partial charge is 0.174 e. The summed E-state index contributed by atoms with van der Waals surface area (Å²) in [6.07, 6.45) is 6.52. The van der Waals surface area contributed by atoms with Crippen molar-refractivity contribution >= 4 is 0 Å². The van der Waals surface area contributed by atoms with Crippen molar-refractivity contribution in [2.24, 2.45) is 0 Å². The summed E-state index contributed by atoms with van der Waals surface area (Å²) in [7, 11) is 0. The molecule has 3 aromatic rings. The molecule has 0 aliphatic carbocycles. The Kier molecular flexibility index (Phi) is 3.23. The van der Waals surface area contributed by atoms with Gasteiger partial charge < -0.3 is 10.2 Å². The van der Waals surface area contributed by atoms with Crippen molar-refractivity contribution in [1.29, 1.82) is 0 Å². The fourth-order valence-electron chi connectivity index (χ4n) is 1.71. The lowest BCUT2D eigenvalue weighted by Gasteiger charge is -2.03. The van der Waals surface area contributed by atoms with Crippen LogP contribution in [0, 0.1) is 0 Å². The van der Waals surface area contributed by atoms with Crippen LogP contribution in [0.1, 0.15) is 11.4 Å². The van der Waals surface area contributed by atoms with Crippen LogP contribution in [0.5, 0.6) is 0 Å². The van der Waals surface area contributed by atoms with Crippen molar-refractivity contribution in [2.45, 2.75) is 13.2 Å². The lowest BCUT2D eigenvalue weighted by atomic mass is 10.5. The fraction of sp³-hybridized carbons (Fsp3) is 0.167. The van der Waals surface area contributed by atoms with Gasteiger partial charge in [-0.15, -0.1) is 0 Å². The Morgan fingerprint density at radius 3 is 1.75 bits per heavy atom. The highest BCUT2D eigenvalue weighted by atomic mass is 16.3. The van der Waals surface area contributed by atoms with Crippen LogP contribution in [0.15, 0.2) is 36.9 Å². The van der Waals surface area contributed by atoms with Crippen molar-refractivity contribution in [3.05, 3.63) is 48.3 Å². The van der Waals surface area contributed by atoms with Gasteiger partial charge >= 0.3 is 0 Å². The first-order valence-electron chi connectivity index (χ1n) is 5.94. The first-order valence-corrected chi connectivity index (χ1v) is 5.94. The molecule has 0 aliphatic heterocycles. The Balaban J connectivity index is 1.96. The number of aliphatic hydroxyl groups excluding tert-OH is 2. The van der Waals surface area contributed by atoms with Crippen molar-refractivity contribution in [1.82, 2.24) is 29.5 Å². The van der Waals surface area contributed by atoms with E-state index in [1.54, 1.807) is 36.9 Å². The summed E-state index contributed by atoms with van der Waals surface area (Å²) in [5.74, 6) is 1.03. The summed E-state index contributed by atoms with van der Waals surface area (Å²) in [6, 6.07) is 3.40. The van der Waals surface area contributed by atoms with Crippen LogP contribution in [0.3, 0.4) is 0 Å². The van der Waals surface area contributed by atoms with Crippen LogP contribution in [0.4, 0.5) is 0 Å². The molecule has 8 heteroatoms. The summed E-state index contributed by atoms with van der Waals surface area (Å²) in [5, 5.41) is 26.3. The molecule has 0 unspecified atom stereocenters. The van der Waals surface area contributed by atoms with E-state index in [1.165, 1.54) is 9.36 Å². The van der Waals surface area contributed by atoms with E-state index < -0.39 is 0 Å². The van der Waals surface area contributed by atoms with Gasteiger partial charge in [-0.25, -0.2) is 14.3 Å². The van der Waals surface area contributed by atoms with E-state index in [-0.39, 0.29) is 13.2 Å². The predicted octanol–water partition coefficient (Wildman–Crippen LogP) is -0.167. The second-order valence-corrected chi connectivity index (χ2v) is 4.05. The summed E-state index contributed by atoms with van der Waals surface area (Å²) in [4.78, 5) is 8.48. The molecule has 20 heavy (non-hydrogen) atoms. The van der Waals surface area contributed by atoms with Crippen molar-refractivity contribution < 1.29 is 10.2 Å². The minimum absolute atomic E-state index is 0.126. The average Bonchev–Trinajstić information content (AvgIpc) is 3.16. The number of nitrogens with zero attached hydrogens (tertiary/aromatic N) is 6. The van der Waals surface area contributed by atoms with Gasteiger partial charge in [0.15, 0.2) is 11.6 Å². The summed E-state index contributed by atoms with van der Waals surface area (Å²) >= 11 is 0. The van der Waals surface area contributed by atoms with E-state index in [1.807, 2.05) is 0 Å². The Labute approximate surface area is 114 Å². The molecule has 3 rings (SSSR count). The second kappa shape index (κ2) is 5.19. The van der Waals surface area contributed by atoms with Crippen LogP contribution >= 0.6 is 0 Å². The molecule has 3 aromatic heterocycles. The standard InChI is InChI=1S/C12H12N6O2/c19-7-9-1-3-17(15-9)11-5-13-6-12(14-11)18-4-2-10(8-20)16-18/h1-6,19-20H,7-8H2. The highest BCUT2D eigenvalue weighted by Crippen LogP contribution is 2.08. The zero-order valence-corrected chi connectivity index (χ0v) is 10.5. The van der Waals surface area contributed by atoms with Gasteiger partial charge in [0.1, 0.15) is 0 Å². The number of hydrogen-bond acceptors (Lipinski definition) is 6.